The van der Waals surface area contributed by atoms with Gasteiger partial charge in [-0.3, -0.25) is 0 Å². The fourth-order valence-electron chi connectivity index (χ4n) is 3.50. The van der Waals surface area contributed by atoms with Gasteiger partial charge < -0.3 is 4.42 Å². The average Bonchev–Trinajstić information content (AvgIpc) is 3.11. The molecular formula is C25H18O3S2. The van der Waals surface area contributed by atoms with Crippen LogP contribution < -0.4 is 0 Å². The maximum atomic E-state index is 12.8. The molecule has 0 unspecified atom stereocenters. The predicted molar refractivity (Wildman–Crippen MR) is 123 cm³/mol. The summed E-state index contributed by atoms with van der Waals surface area (Å²) in [5.41, 5.74) is 4.70. The van der Waals surface area contributed by atoms with Gasteiger partial charge in [-0.25, -0.2) is 8.42 Å². The van der Waals surface area contributed by atoms with E-state index in [1.165, 1.54) is 0 Å². The molecule has 1 heterocycles. The van der Waals surface area contributed by atoms with E-state index < -0.39 is 8.87 Å². The van der Waals surface area contributed by atoms with Crippen LogP contribution in [-0.2, 0) is 8.87 Å². The van der Waals surface area contributed by atoms with Crippen molar-refractivity contribution in [3.05, 3.63) is 96.6 Å². The molecule has 0 aliphatic carbocycles. The summed E-state index contributed by atoms with van der Waals surface area (Å²) in [4.78, 5) is 0.931. The molecule has 1 aromatic heterocycles. The molecule has 0 N–H and O–H groups in total. The van der Waals surface area contributed by atoms with E-state index in [2.05, 4.69) is 24.3 Å². The fourth-order valence-corrected chi connectivity index (χ4v) is 6.29. The first-order chi connectivity index (χ1) is 14.5. The molecule has 0 radical (unpaired) electrons. The molecule has 0 bridgehead atoms. The van der Waals surface area contributed by atoms with E-state index in [0.717, 1.165) is 43.8 Å². The van der Waals surface area contributed by atoms with Gasteiger partial charge in [-0.2, -0.15) is 0 Å². The van der Waals surface area contributed by atoms with Crippen LogP contribution in [0.1, 0.15) is 5.56 Å². The van der Waals surface area contributed by atoms with Gasteiger partial charge in [0, 0.05) is 26.5 Å². The number of benzene rings is 4. The first-order valence-electron chi connectivity index (χ1n) is 9.52. The van der Waals surface area contributed by atoms with E-state index >= 15 is 0 Å². The molecular weight excluding hydrogens is 412 g/mol. The van der Waals surface area contributed by atoms with Crippen LogP contribution in [0, 0.1) is 6.92 Å². The maximum absolute atomic E-state index is 12.8. The molecule has 30 heavy (non-hydrogen) atoms. The van der Waals surface area contributed by atoms with Gasteiger partial charge >= 0.3 is 0 Å². The third-order valence-corrected chi connectivity index (χ3v) is 8.40. The standard InChI is InChI=1S/C25H18O3S2/c1-17-7-11-21(12-8-17)30(26,27)29-20-10-14-23-22-13-9-19(18-5-3-2-4-6-18)15-24(22)28-25(23)16-20/h2-16H,1H3. The molecule has 148 valence electrons. The summed E-state index contributed by atoms with van der Waals surface area (Å²) < 4.78 is 31.6. The summed E-state index contributed by atoms with van der Waals surface area (Å²) in [5, 5.41) is 1.99. The van der Waals surface area contributed by atoms with E-state index in [9.17, 15) is 8.42 Å². The lowest BCUT2D eigenvalue weighted by molar-refractivity contribution is 0.610. The molecule has 5 rings (SSSR count). The Morgan fingerprint density at radius 2 is 1.37 bits per heavy atom. The highest BCUT2D eigenvalue weighted by Crippen LogP contribution is 2.37. The molecule has 5 aromatic rings. The van der Waals surface area contributed by atoms with Crippen molar-refractivity contribution in [1.82, 2.24) is 0 Å². The van der Waals surface area contributed by atoms with Gasteiger partial charge in [-0.1, -0.05) is 54.1 Å². The lowest BCUT2D eigenvalue weighted by Crippen LogP contribution is -1.94. The second kappa shape index (κ2) is 7.35. The Kier molecular flexibility index (Phi) is 4.65. The zero-order valence-corrected chi connectivity index (χ0v) is 17.8. The van der Waals surface area contributed by atoms with Crippen molar-refractivity contribution in [1.29, 1.82) is 0 Å². The first-order valence-corrected chi connectivity index (χ1v) is 12.3. The molecule has 5 heteroatoms. The van der Waals surface area contributed by atoms with Crippen LogP contribution >= 0.6 is 10.8 Å². The number of furan rings is 1. The van der Waals surface area contributed by atoms with Gasteiger partial charge in [-0.05, 0) is 60.5 Å². The Hall–Kier alpha value is -3.02. The van der Waals surface area contributed by atoms with Crippen LogP contribution in [0.3, 0.4) is 0 Å². The van der Waals surface area contributed by atoms with Crippen molar-refractivity contribution in [2.24, 2.45) is 0 Å². The molecule has 0 saturated carbocycles. The Labute approximate surface area is 178 Å². The van der Waals surface area contributed by atoms with Crippen LogP contribution in [0.25, 0.3) is 33.1 Å². The second-order valence-electron chi connectivity index (χ2n) is 7.19. The van der Waals surface area contributed by atoms with Gasteiger partial charge in [-0.15, -0.1) is 0 Å². The van der Waals surface area contributed by atoms with Crippen molar-refractivity contribution in [2.75, 3.05) is 0 Å². The van der Waals surface area contributed by atoms with Gasteiger partial charge in [0.05, 0.1) is 4.90 Å². The fraction of sp³-hybridized carbons (Fsp3) is 0.0400. The van der Waals surface area contributed by atoms with Crippen LogP contribution in [0.5, 0.6) is 0 Å². The molecule has 0 aliphatic rings. The second-order valence-corrected chi connectivity index (χ2v) is 11.0. The summed E-state index contributed by atoms with van der Waals surface area (Å²) in [6.45, 7) is 1.93. The lowest BCUT2D eigenvalue weighted by atomic mass is 10.0. The van der Waals surface area contributed by atoms with E-state index in [1.807, 2.05) is 43.3 Å². The van der Waals surface area contributed by atoms with Crippen LogP contribution in [0.15, 0.2) is 105 Å². The van der Waals surface area contributed by atoms with Crippen LogP contribution in [0.4, 0.5) is 0 Å². The summed E-state index contributed by atoms with van der Waals surface area (Å²) in [5.74, 6) is 0. The first kappa shape index (κ1) is 19.0. The van der Waals surface area contributed by atoms with Crippen molar-refractivity contribution in [3.8, 4) is 11.1 Å². The van der Waals surface area contributed by atoms with E-state index in [4.69, 9.17) is 4.42 Å². The minimum Gasteiger partial charge on any atom is -0.456 e. The highest BCUT2D eigenvalue weighted by Gasteiger charge is 2.18. The quantitative estimate of drug-likeness (QED) is 0.287. The minimum absolute atomic E-state index is 0.301. The largest absolute Gasteiger partial charge is 0.456 e. The molecule has 0 atom stereocenters. The van der Waals surface area contributed by atoms with Crippen LogP contribution in [-0.4, -0.2) is 8.42 Å². The van der Waals surface area contributed by atoms with Crippen molar-refractivity contribution in [3.63, 3.8) is 0 Å². The molecule has 0 fully saturated rings. The molecule has 0 amide bonds. The Balaban J connectivity index is 1.52. The zero-order valence-electron chi connectivity index (χ0n) is 16.2. The Morgan fingerprint density at radius 1 is 0.700 bits per heavy atom. The van der Waals surface area contributed by atoms with E-state index in [1.54, 1.807) is 30.3 Å². The highest BCUT2D eigenvalue weighted by molar-refractivity contribution is 8.72. The molecule has 0 saturated heterocycles. The van der Waals surface area contributed by atoms with E-state index in [0.29, 0.717) is 15.4 Å². The summed E-state index contributed by atoms with van der Waals surface area (Å²) in [6.07, 6.45) is 0. The summed E-state index contributed by atoms with van der Waals surface area (Å²) in [7, 11) is -2.65. The van der Waals surface area contributed by atoms with Crippen molar-refractivity contribution < 1.29 is 12.8 Å². The summed E-state index contributed by atoms with van der Waals surface area (Å²) in [6, 6.07) is 28.8. The number of aryl methyl sites for hydroxylation is 1. The van der Waals surface area contributed by atoms with E-state index in [-0.39, 0.29) is 0 Å². The normalized spacial score (nSPS) is 11.9. The molecule has 3 nitrogen and oxygen atoms in total. The number of hydrogen-bond donors (Lipinski definition) is 0. The minimum atomic E-state index is -3.50. The van der Waals surface area contributed by atoms with Gasteiger partial charge in [0.15, 0.2) is 0 Å². The molecule has 0 spiro atoms. The SMILES string of the molecule is Cc1ccc(S(=O)(=O)Sc2ccc3c(c2)oc2cc(-c4ccccc4)ccc23)cc1. The van der Waals surface area contributed by atoms with Crippen molar-refractivity contribution in [2.45, 2.75) is 16.7 Å². The highest BCUT2D eigenvalue weighted by atomic mass is 33.1. The summed E-state index contributed by atoms with van der Waals surface area (Å²) >= 11 is 0. The van der Waals surface area contributed by atoms with Gasteiger partial charge in [0.2, 0.25) is 8.87 Å². The zero-order chi connectivity index (χ0) is 20.7. The smallest absolute Gasteiger partial charge is 0.234 e. The topological polar surface area (TPSA) is 47.3 Å². The van der Waals surface area contributed by atoms with Gasteiger partial charge in [0.25, 0.3) is 0 Å². The number of hydrogen-bond acceptors (Lipinski definition) is 4. The predicted octanol–water partition coefficient (Wildman–Crippen LogP) is 7.04. The third kappa shape index (κ3) is 3.51. The van der Waals surface area contributed by atoms with Crippen LogP contribution in [0.2, 0.25) is 0 Å². The lowest BCUT2D eigenvalue weighted by Gasteiger charge is -2.04. The monoisotopic (exact) mass is 430 g/mol. The molecule has 4 aromatic carbocycles. The number of rotatable bonds is 4. The Morgan fingerprint density at radius 3 is 2.10 bits per heavy atom. The number of fused-ring (bicyclic) bond motifs is 3. The third-order valence-electron chi connectivity index (χ3n) is 5.07. The Bertz CT molecular complexity index is 1470. The van der Waals surface area contributed by atoms with Gasteiger partial charge in [0.1, 0.15) is 11.2 Å². The molecule has 0 aliphatic heterocycles. The van der Waals surface area contributed by atoms with Crippen molar-refractivity contribution >= 4 is 41.6 Å². The average molecular weight is 431 g/mol. The maximum Gasteiger partial charge on any atom is 0.234 e.